The highest BCUT2D eigenvalue weighted by molar-refractivity contribution is 5.85. The van der Waals surface area contributed by atoms with Crippen molar-refractivity contribution in [3.63, 3.8) is 0 Å². The monoisotopic (exact) mass is 247 g/mol. The predicted octanol–water partition coefficient (Wildman–Crippen LogP) is 2.02. The highest BCUT2D eigenvalue weighted by Gasteiger charge is 2.48. The molecule has 18 heavy (non-hydrogen) atoms. The lowest BCUT2D eigenvalue weighted by Gasteiger charge is -2.41. The van der Waals surface area contributed by atoms with Crippen molar-refractivity contribution in [2.24, 2.45) is 0 Å². The molecule has 3 rings (SSSR count). The van der Waals surface area contributed by atoms with E-state index in [1.165, 1.54) is 0 Å². The van der Waals surface area contributed by atoms with Gasteiger partial charge >= 0.3 is 5.97 Å². The Bertz CT molecular complexity index is 494. The number of anilines is 1. The number of carboxylic acids is 1. The molecule has 96 valence electrons. The van der Waals surface area contributed by atoms with Gasteiger partial charge in [0.05, 0.1) is 17.6 Å². The highest BCUT2D eigenvalue weighted by atomic mass is 16.5. The number of ether oxygens (including phenoxy) is 1. The molecule has 1 heterocycles. The van der Waals surface area contributed by atoms with Crippen LogP contribution in [0.1, 0.15) is 24.8 Å². The molecule has 4 heteroatoms. The van der Waals surface area contributed by atoms with Gasteiger partial charge in [-0.05, 0) is 18.9 Å². The zero-order chi connectivity index (χ0) is 12.8. The SMILES string of the molecule is CN1CCOc2c1cccc2C1(C(=O)O)CCC1. The second-order valence-corrected chi connectivity index (χ2v) is 5.16. The first-order valence-corrected chi connectivity index (χ1v) is 6.36. The van der Waals surface area contributed by atoms with Gasteiger partial charge in [-0.1, -0.05) is 18.6 Å². The van der Waals surface area contributed by atoms with Crippen LogP contribution in [0.15, 0.2) is 18.2 Å². The molecule has 1 aliphatic carbocycles. The number of fused-ring (bicyclic) bond motifs is 1. The molecule has 1 aromatic carbocycles. The van der Waals surface area contributed by atoms with Crippen LogP contribution in [0.4, 0.5) is 5.69 Å². The van der Waals surface area contributed by atoms with Gasteiger partial charge in [-0.2, -0.15) is 0 Å². The fraction of sp³-hybridized carbons (Fsp3) is 0.500. The Morgan fingerprint density at radius 1 is 1.44 bits per heavy atom. The summed E-state index contributed by atoms with van der Waals surface area (Å²) in [6.45, 7) is 1.47. The van der Waals surface area contributed by atoms with E-state index < -0.39 is 11.4 Å². The van der Waals surface area contributed by atoms with Gasteiger partial charge in [0.1, 0.15) is 12.4 Å². The van der Waals surface area contributed by atoms with Crippen LogP contribution in [0.5, 0.6) is 5.75 Å². The topological polar surface area (TPSA) is 49.8 Å². The average molecular weight is 247 g/mol. The molecule has 0 bridgehead atoms. The first kappa shape index (κ1) is 11.4. The molecule has 1 saturated carbocycles. The van der Waals surface area contributed by atoms with E-state index >= 15 is 0 Å². The lowest BCUT2D eigenvalue weighted by atomic mass is 9.64. The minimum absolute atomic E-state index is 0.621. The van der Waals surface area contributed by atoms with E-state index in [0.717, 1.165) is 30.0 Å². The van der Waals surface area contributed by atoms with E-state index in [1.807, 2.05) is 25.2 Å². The number of nitrogens with zero attached hydrogens (tertiary/aromatic N) is 1. The van der Waals surface area contributed by atoms with Crippen molar-refractivity contribution in [3.05, 3.63) is 23.8 Å². The maximum Gasteiger partial charge on any atom is 0.314 e. The van der Waals surface area contributed by atoms with E-state index in [0.29, 0.717) is 19.4 Å². The number of rotatable bonds is 2. The van der Waals surface area contributed by atoms with Crippen molar-refractivity contribution in [1.82, 2.24) is 0 Å². The number of carbonyl (C=O) groups is 1. The van der Waals surface area contributed by atoms with Crippen LogP contribution in [0, 0.1) is 0 Å². The molecular formula is C14H17NO3. The van der Waals surface area contributed by atoms with Gasteiger partial charge in [0.2, 0.25) is 0 Å². The third-order valence-electron chi connectivity index (χ3n) is 4.21. The Labute approximate surface area is 106 Å². The van der Waals surface area contributed by atoms with Crippen LogP contribution in [0.2, 0.25) is 0 Å². The third kappa shape index (κ3) is 1.41. The highest BCUT2D eigenvalue weighted by Crippen LogP contribution is 2.50. The largest absolute Gasteiger partial charge is 0.489 e. The fourth-order valence-corrected chi connectivity index (χ4v) is 2.89. The molecule has 0 atom stereocenters. The molecule has 0 aromatic heterocycles. The summed E-state index contributed by atoms with van der Waals surface area (Å²) in [7, 11) is 2.01. The summed E-state index contributed by atoms with van der Waals surface area (Å²) in [5.74, 6) is 0.0485. The first-order valence-electron chi connectivity index (χ1n) is 6.36. The normalized spacial score (nSPS) is 20.6. The van der Waals surface area contributed by atoms with Crippen LogP contribution in [0.25, 0.3) is 0 Å². The minimum atomic E-state index is -0.723. The van der Waals surface area contributed by atoms with Gasteiger partial charge in [0.15, 0.2) is 0 Å². The Balaban J connectivity index is 2.13. The molecule has 1 fully saturated rings. The predicted molar refractivity (Wildman–Crippen MR) is 68.4 cm³/mol. The van der Waals surface area contributed by atoms with Crippen LogP contribution in [0.3, 0.4) is 0 Å². The fourth-order valence-electron chi connectivity index (χ4n) is 2.89. The lowest BCUT2D eigenvalue weighted by Crippen LogP contribution is -2.43. The smallest absolute Gasteiger partial charge is 0.314 e. The van der Waals surface area contributed by atoms with E-state index in [2.05, 4.69) is 4.90 Å². The summed E-state index contributed by atoms with van der Waals surface area (Å²) >= 11 is 0. The molecule has 0 amide bonds. The number of hydrogen-bond donors (Lipinski definition) is 1. The number of carboxylic acid groups (broad SMARTS) is 1. The standard InChI is InChI=1S/C14H17NO3/c1-15-8-9-18-12-10(4-2-5-11(12)15)14(13(16)17)6-3-7-14/h2,4-5H,3,6-9H2,1H3,(H,16,17). The number of benzene rings is 1. The van der Waals surface area contributed by atoms with Gasteiger partial charge < -0.3 is 14.7 Å². The molecule has 0 saturated heterocycles. The summed E-state index contributed by atoms with van der Waals surface area (Å²) in [5.41, 5.74) is 1.14. The van der Waals surface area contributed by atoms with Crippen LogP contribution >= 0.6 is 0 Å². The number of para-hydroxylation sites is 1. The van der Waals surface area contributed by atoms with Crippen molar-refractivity contribution in [2.75, 3.05) is 25.1 Å². The van der Waals surface area contributed by atoms with E-state index in [1.54, 1.807) is 0 Å². The van der Waals surface area contributed by atoms with Gasteiger partial charge in [-0.15, -0.1) is 0 Å². The molecule has 4 nitrogen and oxygen atoms in total. The molecule has 0 radical (unpaired) electrons. The molecule has 0 spiro atoms. The Morgan fingerprint density at radius 2 is 2.22 bits per heavy atom. The number of aliphatic carboxylic acids is 1. The minimum Gasteiger partial charge on any atom is -0.489 e. The van der Waals surface area contributed by atoms with Crippen LogP contribution in [-0.4, -0.2) is 31.3 Å². The molecule has 0 unspecified atom stereocenters. The molecule has 1 aliphatic heterocycles. The second kappa shape index (κ2) is 3.90. The van der Waals surface area contributed by atoms with Crippen molar-refractivity contribution in [3.8, 4) is 5.75 Å². The van der Waals surface area contributed by atoms with Gasteiger partial charge in [-0.3, -0.25) is 4.79 Å². The molecule has 1 aromatic rings. The maximum absolute atomic E-state index is 11.6. The summed E-state index contributed by atoms with van der Waals surface area (Å²) in [6.07, 6.45) is 2.41. The Hall–Kier alpha value is -1.71. The van der Waals surface area contributed by atoms with Crippen LogP contribution < -0.4 is 9.64 Å². The summed E-state index contributed by atoms with van der Waals surface area (Å²) in [4.78, 5) is 13.7. The number of likely N-dealkylation sites (N-methyl/N-ethyl adjacent to an activating group) is 1. The van der Waals surface area contributed by atoms with Gasteiger partial charge in [-0.25, -0.2) is 0 Å². The van der Waals surface area contributed by atoms with Gasteiger partial charge in [0.25, 0.3) is 0 Å². The average Bonchev–Trinajstić information content (AvgIpc) is 2.28. The van der Waals surface area contributed by atoms with E-state index in [4.69, 9.17) is 4.74 Å². The molecular weight excluding hydrogens is 230 g/mol. The third-order valence-corrected chi connectivity index (χ3v) is 4.21. The Kier molecular flexibility index (Phi) is 2.47. The summed E-state index contributed by atoms with van der Waals surface area (Å²) < 4.78 is 5.75. The van der Waals surface area contributed by atoms with Crippen LogP contribution in [-0.2, 0) is 10.2 Å². The van der Waals surface area contributed by atoms with Crippen molar-refractivity contribution in [2.45, 2.75) is 24.7 Å². The van der Waals surface area contributed by atoms with Gasteiger partial charge in [0, 0.05) is 12.6 Å². The quantitative estimate of drug-likeness (QED) is 0.868. The number of hydrogen-bond acceptors (Lipinski definition) is 3. The molecule has 1 N–H and O–H groups in total. The molecule has 2 aliphatic rings. The maximum atomic E-state index is 11.6. The summed E-state index contributed by atoms with van der Waals surface area (Å²) in [5, 5.41) is 9.54. The first-order chi connectivity index (χ1) is 8.65. The van der Waals surface area contributed by atoms with Crippen molar-refractivity contribution < 1.29 is 14.6 Å². The Morgan fingerprint density at radius 3 is 2.83 bits per heavy atom. The second-order valence-electron chi connectivity index (χ2n) is 5.16. The summed E-state index contributed by atoms with van der Waals surface area (Å²) in [6, 6.07) is 5.83. The van der Waals surface area contributed by atoms with Crippen molar-refractivity contribution >= 4 is 11.7 Å². The lowest BCUT2D eigenvalue weighted by molar-refractivity contribution is -0.147. The zero-order valence-corrected chi connectivity index (χ0v) is 10.5. The zero-order valence-electron chi connectivity index (χ0n) is 10.5. The van der Waals surface area contributed by atoms with E-state index in [-0.39, 0.29) is 0 Å². The van der Waals surface area contributed by atoms with Crippen molar-refractivity contribution in [1.29, 1.82) is 0 Å². The van der Waals surface area contributed by atoms with E-state index in [9.17, 15) is 9.90 Å².